The largest absolute Gasteiger partial charge is 0.416 e. The second-order valence-corrected chi connectivity index (χ2v) is 9.23. The van der Waals surface area contributed by atoms with Crippen molar-refractivity contribution in [2.75, 3.05) is 20.6 Å². The molecular weight excluding hydrogens is 488 g/mol. The monoisotopic (exact) mass is 515 g/mol. The van der Waals surface area contributed by atoms with E-state index >= 15 is 0 Å². The van der Waals surface area contributed by atoms with Crippen LogP contribution in [-0.4, -0.2) is 54.3 Å². The molecule has 1 aliphatic heterocycles. The fourth-order valence-corrected chi connectivity index (χ4v) is 4.87. The van der Waals surface area contributed by atoms with Gasteiger partial charge in [-0.2, -0.15) is 26.3 Å². The summed E-state index contributed by atoms with van der Waals surface area (Å²) in [6, 6.07) is 8.71. The first-order chi connectivity index (χ1) is 16.7. The number of nitrogens with zero attached hydrogens (tertiary/aromatic N) is 2. The van der Waals surface area contributed by atoms with Gasteiger partial charge < -0.3 is 10.6 Å². The van der Waals surface area contributed by atoms with Crippen molar-refractivity contribution in [3.05, 3.63) is 70.8 Å². The number of amides is 2. The average molecular weight is 515 g/mol. The molecule has 1 saturated heterocycles. The lowest BCUT2D eigenvalue weighted by Crippen LogP contribution is -2.54. The maximum absolute atomic E-state index is 13.4. The fourth-order valence-electron chi connectivity index (χ4n) is 4.87. The molecule has 3 rings (SSSR count). The number of likely N-dealkylation sites (tertiary alicyclic amines) is 1. The van der Waals surface area contributed by atoms with E-state index in [0.29, 0.717) is 31.4 Å². The summed E-state index contributed by atoms with van der Waals surface area (Å²) in [6.07, 6.45) is -9.20. The number of nitrogens with two attached hydrogens (primary N) is 1. The van der Waals surface area contributed by atoms with Crippen LogP contribution in [0.5, 0.6) is 0 Å². The minimum Gasteiger partial charge on any atom is -0.368 e. The van der Waals surface area contributed by atoms with Crippen molar-refractivity contribution >= 4 is 11.8 Å². The number of halogens is 6. The van der Waals surface area contributed by atoms with E-state index in [1.54, 1.807) is 37.2 Å². The van der Waals surface area contributed by atoms with Crippen molar-refractivity contribution in [1.82, 2.24) is 9.80 Å². The molecule has 1 heterocycles. The van der Waals surface area contributed by atoms with E-state index in [1.165, 1.54) is 4.90 Å². The van der Waals surface area contributed by atoms with Gasteiger partial charge in [-0.1, -0.05) is 30.3 Å². The summed E-state index contributed by atoms with van der Waals surface area (Å²) in [5.41, 5.74) is 2.65. The first kappa shape index (κ1) is 27.5. The van der Waals surface area contributed by atoms with E-state index in [2.05, 4.69) is 0 Å². The van der Waals surface area contributed by atoms with E-state index in [1.807, 2.05) is 12.1 Å². The Morgan fingerprint density at radius 3 is 2.03 bits per heavy atom. The third-order valence-electron chi connectivity index (χ3n) is 6.46. The Kier molecular flexibility index (Phi) is 8.02. The second kappa shape index (κ2) is 10.5. The molecule has 2 aromatic rings. The van der Waals surface area contributed by atoms with Crippen molar-refractivity contribution in [2.45, 2.75) is 43.7 Å². The number of hydrogen-bond donors (Lipinski definition) is 1. The minimum atomic E-state index is -5.06. The van der Waals surface area contributed by atoms with Crippen LogP contribution in [0.15, 0.2) is 48.5 Å². The second-order valence-electron chi connectivity index (χ2n) is 9.23. The van der Waals surface area contributed by atoms with Gasteiger partial charge in [0.25, 0.3) is 5.91 Å². The normalized spacial score (nSPS) is 19.9. The van der Waals surface area contributed by atoms with Crippen LogP contribution in [0.4, 0.5) is 26.3 Å². The lowest BCUT2D eigenvalue weighted by molar-refractivity contribution is -0.143. The summed E-state index contributed by atoms with van der Waals surface area (Å²) in [5, 5.41) is 0. The van der Waals surface area contributed by atoms with Crippen molar-refractivity contribution < 1.29 is 35.9 Å². The van der Waals surface area contributed by atoms with E-state index in [0.717, 1.165) is 5.56 Å². The quantitative estimate of drug-likeness (QED) is 0.572. The fraction of sp³-hybridized carbons (Fsp3) is 0.440. The third-order valence-corrected chi connectivity index (χ3v) is 6.46. The molecule has 0 aliphatic carbocycles. The van der Waals surface area contributed by atoms with Gasteiger partial charge in [0, 0.05) is 18.2 Å². The first-order valence-corrected chi connectivity index (χ1v) is 11.3. The van der Waals surface area contributed by atoms with Gasteiger partial charge in [-0.15, -0.1) is 0 Å². The van der Waals surface area contributed by atoms with Crippen molar-refractivity contribution in [1.29, 1.82) is 0 Å². The molecule has 196 valence electrons. The molecule has 1 fully saturated rings. The van der Waals surface area contributed by atoms with Crippen LogP contribution in [0.2, 0.25) is 0 Å². The number of alkyl halides is 6. The number of rotatable bonds is 6. The van der Waals surface area contributed by atoms with Crippen LogP contribution in [0.25, 0.3) is 0 Å². The van der Waals surface area contributed by atoms with E-state index in [-0.39, 0.29) is 18.5 Å². The minimum absolute atomic E-state index is 0.000986. The molecule has 3 atom stereocenters. The molecule has 0 aromatic heterocycles. The summed E-state index contributed by atoms with van der Waals surface area (Å²) < 4.78 is 80.1. The Morgan fingerprint density at radius 1 is 1.00 bits per heavy atom. The number of carbonyl (C=O) groups is 2. The maximum Gasteiger partial charge on any atom is 0.416 e. The van der Waals surface area contributed by atoms with E-state index < -0.39 is 52.9 Å². The zero-order chi connectivity index (χ0) is 26.8. The van der Waals surface area contributed by atoms with Crippen molar-refractivity contribution in [2.24, 2.45) is 11.7 Å². The highest BCUT2D eigenvalue weighted by Crippen LogP contribution is 2.37. The van der Waals surface area contributed by atoms with Crippen LogP contribution in [-0.2, 0) is 23.6 Å². The number of likely N-dealkylation sites (N-methyl/N-ethyl adjacent to an activating group) is 1. The number of benzene rings is 2. The Morgan fingerprint density at radius 2 is 1.56 bits per heavy atom. The van der Waals surface area contributed by atoms with Crippen LogP contribution >= 0.6 is 0 Å². The molecule has 11 heteroatoms. The standard InChI is InChI=1S/C25H27F6N3O2/c1-33(2)21(22(32)35)16-8-9-34(20(13-16)10-15-6-4-3-5-7-15)23(36)17-11-18(24(26,27)28)14-19(12-17)25(29,30)31/h3-7,11-12,14,16,20-21H,8-10,13H2,1-2H3,(H2,32,35)/t16-,20?,21+/m0/s1. The summed E-state index contributed by atoms with van der Waals surface area (Å²) in [5.74, 6) is -1.72. The molecule has 0 saturated carbocycles. The Hall–Kier alpha value is -3.08. The molecule has 1 aliphatic rings. The van der Waals surface area contributed by atoms with E-state index in [9.17, 15) is 35.9 Å². The van der Waals surface area contributed by atoms with Gasteiger partial charge in [0.15, 0.2) is 0 Å². The van der Waals surface area contributed by atoms with Crippen LogP contribution < -0.4 is 5.73 Å². The van der Waals surface area contributed by atoms with E-state index in [4.69, 9.17) is 5.73 Å². The molecule has 2 N–H and O–H groups in total. The number of carbonyl (C=O) groups excluding carboxylic acids is 2. The molecule has 2 aromatic carbocycles. The molecule has 0 spiro atoms. The summed E-state index contributed by atoms with van der Waals surface area (Å²) >= 11 is 0. The highest BCUT2D eigenvalue weighted by Gasteiger charge is 2.41. The molecule has 36 heavy (non-hydrogen) atoms. The average Bonchev–Trinajstić information content (AvgIpc) is 2.77. The Bertz CT molecular complexity index is 1050. The Labute approximate surface area is 204 Å². The third kappa shape index (κ3) is 6.37. The van der Waals surface area contributed by atoms with Crippen molar-refractivity contribution in [3.63, 3.8) is 0 Å². The molecular formula is C25H27F6N3O2. The predicted molar refractivity (Wildman–Crippen MR) is 121 cm³/mol. The highest BCUT2D eigenvalue weighted by molar-refractivity contribution is 5.95. The SMILES string of the molecule is CN(C)[C@@H](C(N)=O)[C@H]1CCN(C(=O)c2cc(C(F)(F)F)cc(C(F)(F)F)c2)C(Cc2ccccc2)C1. The highest BCUT2D eigenvalue weighted by atomic mass is 19.4. The van der Waals surface area contributed by atoms with Gasteiger partial charge in [0.1, 0.15) is 0 Å². The topological polar surface area (TPSA) is 66.6 Å². The van der Waals surface area contributed by atoms with Gasteiger partial charge in [-0.3, -0.25) is 14.5 Å². The zero-order valence-corrected chi connectivity index (χ0v) is 19.7. The Balaban J connectivity index is 2.00. The lowest BCUT2D eigenvalue weighted by atomic mass is 9.82. The maximum atomic E-state index is 13.4. The van der Waals surface area contributed by atoms with Crippen LogP contribution in [0.3, 0.4) is 0 Å². The summed E-state index contributed by atoms with van der Waals surface area (Å²) in [4.78, 5) is 28.5. The van der Waals surface area contributed by atoms with Crippen LogP contribution in [0.1, 0.15) is 39.9 Å². The number of primary amides is 1. The zero-order valence-electron chi connectivity index (χ0n) is 19.7. The van der Waals surface area contributed by atoms with Crippen LogP contribution in [0, 0.1) is 5.92 Å². The van der Waals surface area contributed by atoms with Gasteiger partial charge in [0.2, 0.25) is 5.91 Å². The lowest BCUT2D eigenvalue weighted by Gasteiger charge is -2.43. The first-order valence-electron chi connectivity index (χ1n) is 11.3. The smallest absolute Gasteiger partial charge is 0.368 e. The predicted octanol–water partition coefficient (Wildman–Crippen LogP) is 4.60. The number of piperidine rings is 1. The molecule has 1 unspecified atom stereocenters. The summed E-state index contributed by atoms with van der Waals surface area (Å²) in [6.45, 7) is 0.0518. The molecule has 0 radical (unpaired) electrons. The summed E-state index contributed by atoms with van der Waals surface area (Å²) in [7, 11) is 3.39. The van der Waals surface area contributed by atoms with Gasteiger partial charge in [0.05, 0.1) is 17.2 Å². The molecule has 2 amide bonds. The molecule has 0 bridgehead atoms. The van der Waals surface area contributed by atoms with Gasteiger partial charge >= 0.3 is 12.4 Å². The van der Waals surface area contributed by atoms with Gasteiger partial charge in [-0.25, -0.2) is 0 Å². The number of hydrogen-bond acceptors (Lipinski definition) is 3. The van der Waals surface area contributed by atoms with Crippen molar-refractivity contribution in [3.8, 4) is 0 Å². The molecule has 5 nitrogen and oxygen atoms in total. The van der Waals surface area contributed by atoms with Gasteiger partial charge in [-0.05, 0) is 63.0 Å².